The van der Waals surface area contributed by atoms with Gasteiger partial charge in [0, 0.05) is 6.54 Å². The molecule has 1 aliphatic heterocycles. The van der Waals surface area contributed by atoms with Gasteiger partial charge in [-0.3, -0.25) is 4.79 Å². The molecular weight excluding hydrogens is 262 g/mol. The maximum atomic E-state index is 11.9. The van der Waals surface area contributed by atoms with Crippen LogP contribution in [0.2, 0.25) is 0 Å². The smallest absolute Gasteiger partial charge is 0.314 e. The first kappa shape index (κ1) is 14.6. The molecule has 1 aromatic carbocycles. The number of likely N-dealkylation sites (tertiary alicyclic amines) is 1. The molecule has 0 spiro atoms. The molecule has 1 aromatic rings. The number of hydrogen-bond acceptors (Lipinski definition) is 2. The summed E-state index contributed by atoms with van der Waals surface area (Å²) in [6.07, 6.45) is 6.01. The lowest BCUT2D eigenvalue weighted by Gasteiger charge is -2.33. The summed E-state index contributed by atoms with van der Waals surface area (Å²) in [5.74, 6) is -0.0354. The number of aliphatic carboxylic acids is 1. The van der Waals surface area contributed by atoms with E-state index < -0.39 is 11.4 Å². The summed E-state index contributed by atoms with van der Waals surface area (Å²) in [5.41, 5.74) is 1.73. The molecule has 3 nitrogen and oxygen atoms in total. The molecule has 0 bridgehead atoms. The Morgan fingerprint density at radius 1 is 1.19 bits per heavy atom. The first-order valence-corrected chi connectivity index (χ1v) is 8.14. The van der Waals surface area contributed by atoms with E-state index in [1.54, 1.807) is 0 Å². The molecule has 0 amide bonds. The van der Waals surface area contributed by atoms with Gasteiger partial charge in [0.25, 0.3) is 0 Å². The van der Waals surface area contributed by atoms with Crippen molar-refractivity contribution in [3.8, 4) is 0 Å². The largest absolute Gasteiger partial charge is 0.481 e. The van der Waals surface area contributed by atoms with Crippen LogP contribution in [0, 0.1) is 0 Å². The Morgan fingerprint density at radius 2 is 1.86 bits per heavy atom. The fourth-order valence-electron chi connectivity index (χ4n) is 4.06. The number of hydrogen-bond donors (Lipinski definition) is 1. The third-order valence-corrected chi connectivity index (χ3v) is 5.44. The first-order chi connectivity index (χ1) is 10.1. The summed E-state index contributed by atoms with van der Waals surface area (Å²) in [4.78, 5) is 14.2. The predicted molar refractivity (Wildman–Crippen MR) is 83.7 cm³/mol. The molecule has 1 unspecified atom stereocenters. The van der Waals surface area contributed by atoms with Gasteiger partial charge in [0.2, 0.25) is 0 Å². The molecule has 1 saturated heterocycles. The van der Waals surface area contributed by atoms with Gasteiger partial charge >= 0.3 is 5.97 Å². The van der Waals surface area contributed by atoms with Crippen molar-refractivity contribution in [3.63, 3.8) is 0 Å². The Hall–Kier alpha value is -1.35. The van der Waals surface area contributed by atoms with Crippen LogP contribution in [0.15, 0.2) is 24.3 Å². The minimum atomic E-state index is -0.643. The van der Waals surface area contributed by atoms with Gasteiger partial charge < -0.3 is 10.0 Å². The number of carbonyl (C=O) groups is 1. The van der Waals surface area contributed by atoms with E-state index in [9.17, 15) is 9.90 Å². The molecule has 3 rings (SSSR count). The van der Waals surface area contributed by atoms with E-state index in [2.05, 4.69) is 36.2 Å². The van der Waals surface area contributed by atoms with Crippen LogP contribution in [0.3, 0.4) is 0 Å². The van der Waals surface area contributed by atoms with Gasteiger partial charge in [0.15, 0.2) is 0 Å². The SMILES string of the molecule is CN1CCC(c2ccc(C3(C(=O)O)CCCCC3)cc2)C1. The number of carboxylic acid groups (broad SMARTS) is 1. The average Bonchev–Trinajstić information content (AvgIpc) is 2.94. The molecule has 0 aromatic heterocycles. The van der Waals surface area contributed by atoms with Crippen molar-refractivity contribution in [2.75, 3.05) is 20.1 Å². The second-order valence-electron chi connectivity index (χ2n) is 6.82. The fraction of sp³-hybridized carbons (Fsp3) is 0.611. The van der Waals surface area contributed by atoms with E-state index in [0.29, 0.717) is 5.92 Å². The van der Waals surface area contributed by atoms with Crippen LogP contribution in [0.25, 0.3) is 0 Å². The topological polar surface area (TPSA) is 40.5 Å². The molecule has 1 N–H and O–H groups in total. The molecule has 1 heterocycles. The Morgan fingerprint density at radius 3 is 2.38 bits per heavy atom. The van der Waals surface area contributed by atoms with Crippen molar-refractivity contribution in [2.24, 2.45) is 0 Å². The van der Waals surface area contributed by atoms with Gasteiger partial charge in [-0.1, -0.05) is 43.5 Å². The van der Waals surface area contributed by atoms with Crippen molar-refractivity contribution < 1.29 is 9.90 Å². The van der Waals surface area contributed by atoms with Crippen molar-refractivity contribution in [2.45, 2.75) is 49.9 Å². The maximum absolute atomic E-state index is 11.9. The highest BCUT2D eigenvalue weighted by Gasteiger charge is 2.41. The van der Waals surface area contributed by atoms with Crippen molar-refractivity contribution in [3.05, 3.63) is 35.4 Å². The number of nitrogens with zero attached hydrogens (tertiary/aromatic N) is 1. The molecule has 114 valence electrons. The summed E-state index contributed by atoms with van der Waals surface area (Å²) in [5, 5.41) is 9.75. The molecule has 0 radical (unpaired) electrons. The quantitative estimate of drug-likeness (QED) is 0.926. The van der Waals surface area contributed by atoms with Gasteiger partial charge in [-0.15, -0.1) is 0 Å². The van der Waals surface area contributed by atoms with Crippen LogP contribution < -0.4 is 0 Å². The molecular formula is C18H25NO2. The van der Waals surface area contributed by atoms with Gasteiger partial charge in [-0.2, -0.15) is 0 Å². The molecule has 1 saturated carbocycles. The summed E-state index contributed by atoms with van der Waals surface area (Å²) in [7, 11) is 2.16. The Kier molecular flexibility index (Phi) is 4.03. The first-order valence-electron chi connectivity index (χ1n) is 8.14. The van der Waals surface area contributed by atoms with Gasteiger partial charge in [-0.05, 0) is 49.9 Å². The summed E-state index contributed by atoms with van der Waals surface area (Å²) in [6, 6.07) is 8.48. The second kappa shape index (κ2) is 5.80. The standard InChI is InChI=1S/C18H25NO2/c1-19-12-9-15(13-19)14-5-7-16(8-6-14)18(17(20)21)10-3-2-4-11-18/h5-8,15H,2-4,9-13H2,1H3,(H,20,21). The molecule has 3 heteroatoms. The van der Waals surface area contributed by atoms with Crippen molar-refractivity contribution in [1.29, 1.82) is 0 Å². The van der Waals surface area contributed by atoms with E-state index in [1.807, 2.05) is 0 Å². The Bertz CT molecular complexity index is 502. The van der Waals surface area contributed by atoms with Crippen LogP contribution in [-0.2, 0) is 10.2 Å². The Balaban J connectivity index is 1.83. The molecule has 21 heavy (non-hydrogen) atoms. The summed E-state index contributed by atoms with van der Waals surface area (Å²) >= 11 is 0. The van der Waals surface area contributed by atoms with Crippen LogP contribution in [0.4, 0.5) is 0 Å². The zero-order valence-electron chi connectivity index (χ0n) is 12.8. The summed E-state index contributed by atoms with van der Waals surface area (Å²) < 4.78 is 0. The normalized spacial score (nSPS) is 25.9. The second-order valence-corrected chi connectivity index (χ2v) is 6.82. The molecule has 2 aliphatic rings. The highest BCUT2D eigenvalue weighted by Crippen LogP contribution is 2.40. The third kappa shape index (κ3) is 2.71. The fourth-order valence-corrected chi connectivity index (χ4v) is 4.06. The Labute approximate surface area is 127 Å². The minimum Gasteiger partial charge on any atom is -0.481 e. The highest BCUT2D eigenvalue weighted by molar-refractivity contribution is 5.81. The van der Waals surface area contributed by atoms with E-state index in [1.165, 1.54) is 18.4 Å². The number of carboxylic acids is 1. The number of benzene rings is 1. The zero-order chi connectivity index (χ0) is 14.9. The molecule has 1 aliphatic carbocycles. The van der Waals surface area contributed by atoms with E-state index >= 15 is 0 Å². The van der Waals surface area contributed by atoms with Gasteiger partial charge in [-0.25, -0.2) is 0 Å². The molecule has 2 fully saturated rings. The third-order valence-electron chi connectivity index (χ3n) is 5.44. The van der Waals surface area contributed by atoms with Crippen LogP contribution >= 0.6 is 0 Å². The summed E-state index contributed by atoms with van der Waals surface area (Å²) in [6.45, 7) is 2.27. The van der Waals surface area contributed by atoms with E-state index in [4.69, 9.17) is 0 Å². The lowest BCUT2D eigenvalue weighted by Crippen LogP contribution is -2.37. The highest BCUT2D eigenvalue weighted by atomic mass is 16.4. The van der Waals surface area contributed by atoms with Crippen LogP contribution in [0.5, 0.6) is 0 Å². The van der Waals surface area contributed by atoms with Gasteiger partial charge in [0.05, 0.1) is 5.41 Å². The average molecular weight is 287 g/mol. The van der Waals surface area contributed by atoms with Crippen LogP contribution in [-0.4, -0.2) is 36.1 Å². The van der Waals surface area contributed by atoms with Crippen molar-refractivity contribution >= 4 is 5.97 Å². The van der Waals surface area contributed by atoms with Gasteiger partial charge in [0.1, 0.15) is 0 Å². The lowest BCUT2D eigenvalue weighted by atomic mass is 9.69. The maximum Gasteiger partial charge on any atom is 0.314 e. The van der Waals surface area contributed by atoms with E-state index in [-0.39, 0.29) is 0 Å². The predicted octanol–water partition coefficient (Wildman–Crippen LogP) is 3.39. The van der Waals surface area contributed by atoms with Crippen LogP contribution in [0.1, 0.15) is 55.6 Å². The van der Waals surface area contributed by atoms with E-state index in [0.717, 1.165) is 44.3 Å². The monoisotopic (exact) mass is 287 g/mol. The molecule has 1 atom stereocenters. The lowest BCUT2D eigenvalue weighted by molar-refractivity contribution is -0.145. The minimum absolute atomic E-state index is 0.608. The van der Waals surface area contributed by atoms with Crippen molar-refractivity contribution in [1.82, 2.24) is 4.90 Å². The number of rotatable bonds is 3. The zero-order valence-corrected chi connectivity index (χ0v) is 12.8. The number of likely N-dealkylation sites (N-methyl/N-ethyl adjacent to an activating group) is 1.